The third-order valence-electron chi connectivity index (χ3n) is 1.80. The van der Waals surface area contributed by atoms with E-state index in [4.69, 9.17) is 14.6 Å². The lowest BCUT2D eigenvalue weighted by molar-refractivity contribution is -0.113. The molecule has 0 fully saturated rings. The largest absolute Gasteiger partial charge is 0.393 e. The van der Waals surface area contributed by atoms with Crippen molar-refractivity contribution in [2.24, 2.45) is 0 Å². The van der Waals surface area contributed by atoms with Gasteiger partial charge in [0.1, 0.15) is 0 Å². The summed E-state index contributed by atoms with van der Waals surface area (Å²) < 4.78 is 11.7. The molecule has 1 aromatic heterocycles. The molecule has 0 aliphatic heterocycles. The first-order valence-electron chi connectivity index (χ1n) is 4.80. The zero-order chi connectivity index (χ0) is 12.0. The van der Waals surface area contributed by atoms with Gasteiger partial charge in [0.25, 0.3) is 0 Å². The van der Waals surface area contributed by atoms with Gasteiger partial charge in [-0.25, -0.2) is 4.68 Å². The highest BCUT2D eigenvalue weighted by molar-refractivity contribution is 7.99. The van der Waals surface area contributed by atoms with Crippen LogP contribution in [0.2, 0.25) is 0 Å². The molecule has 0 aromatic carbocycles. The molecular formula is C8H16N4O3S. The number of ether oxygens (including phenoxy) is 2. The lowest BCUT2D eigenvalue weighted by Crippen LogP contribution is -2.22. The van der Waals surface area contributed by atoms with Gasteiger partial charge >= 0.3 is 0 Å². The molecule has 0 saturated heterocycles. The number of hydrogen-bond acceptors (Lipinski definition) is 7. The summed E-state index contributed by atoms with van der Waals surface area (Å²) in [6.07, 6.45) is -0.773. The van der Waals surface area contributed by atoms with Crippen LogP contribution in [0.1, 0.15) is 6.92 Å². The number of aliphatic hydroxyl groups is 1. The third-order valence-corrected chi connectivity index (χ3v) is 3.00. The summed E-state index contributed by atoms with van der Waals surface area (Å²) in [4.78, 5) is 0. The highest BCUT2D eigenvalue weighted by atomic mass is 32.2. The average Bonchev–Trinajstić information content (AvgIpc) is 2.70. The molecule has 1 heterocycles. The van der Waals surface area contributed by atoms with E-state index in [1.54, 1.807) is 25.8 Å². The average molecular weight is 248 g/mol. The Labute approximate surface area is 98.1 Å². The summed E-state index contributed by atoms with van der Waals surface area (Å²) in [5, 5.41) is 21.1. The maximum atomic E-state index is 9.17. The fourth-order valence-electron chi connectivity index (χ4n) is 0.996. The molecule has 1 rings (SSSR count). The van der Waals surface area contributed by atoms with E-state index in [-0.39, 0.29) is 6.29 Å². The fourth-order valence-corrected chi connectivity index (χ4v) is 1.74. The Bertz CT molecular complexity index is 303. The number of hydrogen-bond donors (Lipinski definition) is 1. The normalized spacial score (nSPS) is 13.3. The summed E-state index contributed by atoms with van der Waals surface area (Å²) >= 11 is 1.39. The summed E-state index contributed by atoms with van der Waals surface area (Å²) in [5.41, 5.74) is 0. The standard InChI is InChI=1S/C8H16N4O3S/c1-6(13)5-16-8-9-10-11-12(8)4-7(14-2)15-3/h6-7,13H,4-5H2,1-3H3. The smallest absolute Gasteiger partial charge is 0.209 e. The topological polar surface area (TPSA) is 82.3 Å². The van der Waals surface area contributed by atoms with Crippen LogP contribution in [0.5, 0.6) is 0 Å². The van der Waals surface area contributed by atoms with Crippen molar-refractivity contribution in [2.75, 3.05) is 20.0 Å². The van der Waals surface area contributed by atoms with Crippen molar-refractivity contribution in [1.82, 2.24) is 20.2 Å². The Morgan fingerprint density at radius 1 is 1.44 bits per heavy atom. The molecule has 1 unspecified atom stereocenters. The molecule has 0 amide bonds. The Morgan fingerprint density at radius 3 is 2.69 bits per heavy atom. The lowest BCUT2D eigenvalue weighted by atomic mass is 10.5. The monoisotopic (exact) mass is 248 g/mol. The van der Waals surface area contributed by atoms with Crippen LogP contribution in [0.15, 0.2) is 5.16 Å². The number of rotatable bonds is 7. The minimum atomic E-state index is -0.393. The molecule has 1 N–H and O–H groups in total. The number of methoxy groups -OCH3 is 2. The molecule has 0 saturated carbocycles. The summed E-state index contributed by atoms with van der Waals surface area (Å²) in [6, 6.07) is 0. The van der Waals surface area contributed by atoms with E-state index in [0.717, 1.165) is 0 Å². The second-order valence-electron chi connectivity index (χ2n) is 3.20. The van der Waals surface area contributed by atoms with E-state index in [1.807, 2.05) is 0 Å². The second kappa shape index (κ2) is 6.79. The molecule has 8 heteroatoms. The van der Waals surface area contributed by atoms with Gasteiger partial charge in [-0.3, -0.25) is 0 Å². The molecule has 1 atom stereocenters. The van der Waals surface area contributed by atoms with Gasteiger partial charge in [0.15, 0.2) is 6.29 Å². The first-order valence-corrected chi connectivity index (χ1v) is 5.78. The van der Waals surface area contributed by atoms with Crippen LogP contribution < -0.4 is 0 Å². The van der Waals surface area contributed by atoms with Gasteiger partial charge in [0, 0.05) is 20.0 Å². The Hall–Kier alpha value is -0.700. The van der Waals surface area contributed by atoms with E-state index in [9.17, 15) is 0 Å². The Morgan fingerprint density at radius 2 is 2.12 bits per heavy atom. The van der Waals surface area contributed by atoms with Gasteiger partial charge in [-0.05, 0) is 17.4 Å². The van der Waals surface area contributed by atoms with Crippen molar-refractivity contribution in [3.8, 4) is 0 Å². The third kappa shape index (κ3) is 4.05. The van der Waals surface area contributed by atoms with Crippen molar-refractivity contribution < 1.29 is 14.6 Å². The van der Waals surface area contributed by atoms with E-state index >= 15 is 0 Å². The minimum Gasteiger partial charge on any atom is -0.393 e. The molecular weight excluding hydrogens is 232 g/mol. The van der Waals surface area contributed by atoms with E-state index < -0.39 is 6.10 Å². The SMILES string of the molecule is COC(Cn1nnnc1SCC(C)O)OC. The minimum absolute atomic E-state index is 0.380. The van der Waals surface area contributed by atoms with Gasteiger partial charge in [-0.15, -0.1) is 5.10 Å². The maximum absolute atomic E-state index is 9.17. The van der Waals surface area contributed by atoms with E-state index in [1.165, 1.54) is 11.8 Å². The van der Waals surface area contributed by atoms with Gasteiger partial charge in [0.05, 0.1) is 12.6 Å². The van der Waals surface area contributed by atoms with Crippen molar-refractivity contribution >= 4 is 11.8 Å². The van der Waals surface area contributed by atoms with Crippen LogP contribution in [0, 0.1) is 0 Å². The summed E-state index contributed by atoms with van der Waals surface area (Å²) in [6.45, 7) is 2.14. The van der Waals surface area contributed by atoms with Crippen LogP contribution >= 0.6 is 11.8 Å². The molecule has 92 valence electrons. The van der Waals surface area contributed by atoms with Crippen molar-refractivity contribution in [3.05, 3.63) is 0 Å². The van der Waals surface area contributed by atoms with Gasteiger partial charge < -0.3 is 14.6 Å². The van der Waals surface area contributed by atoms with E-state index in [2.05, 4.69) is 15.5 Å². The molecule has 16 heavy (non-hydrogen) atoms. The molecule has 0 aliphatic rings. The second-order valence-corrected chi connectivity index (χ2v) is 4.19. The van der Waals surface area contributed by atoms with Crippen molar-refractivity contribution in [2.45, 2.75) is 31.0 Å². The van der Waals surface area contributed by atoms with Crippen LogP contribution in [0.3, 0.4) is 0 Å². The van der Waals surface area contributed by atoms with Crippen molar-refractivity contribution in [3.63, 3.8) is 0 Å². The molecule has 0 spiro atoms. The predicted molar refractivity (Wildman–Crippen MR) is 58.0 cm³/mol. The number of tetrazole rings is 1. The van der Waals surface area contributed by atoms with Crippen LogP contribution in [0.4, 0.5) is 0 Å². The maximum Gasteiger partial charge on any atom is 0.209 e. The first-order chi connectivity index (χ1) is 7.67. The molecule has 7 nitrogen and oxygen atoms in total. The molecule has 1 aromatic rings. The highest BCUT2D eigenvalue weighted by Crippen LogP contribution is 2.15. The fraction of sp³-hybridized carbons (Fsp3) is 0.875. The molecule has 0 bridgehead atoms. The van der Waals surface area contributed by atoms with E-state index in [0.29, 0.717) is 17.5 Å². The number of aromatic nitrogens is 4. The molecule has 0 radical (unpaired) electrons. The number of aliphatic hydroxyl groups excluding tert-OH is 1. The Balaban J connectivity index is 2.55. The lowest BCUT2D eigenvalue weighted by Gasteiger charge is -2.13. The van der Waals surface area contributed by atoms with Crippen molar-refractivity contribution in [1.29, 1.82) is 0 Å². The first kappa shape index (κ1) is 13.4. The predicted octanol–water partition coefficient (Wildman–Crippen LogP) is -0.235. The van der Waals surface area contributed by atoms with Gasteiger partial charge in [-0.2, -0.15) is 0 Å². The zero-order valence-electron chi connectivity index (χ0n) is 9.53. The summed E-state index contributed by atoms with van der Waals surface area (Å²) in [5.74, 6) is 0.547. The summed E-state index contributed by atoms with van der Waals surface area (Å²) in [7, 11) is 3.11. The van der Waals surface area contributed by atoms with Crippen LogP contribution in [-0.2, 0) is 16.0 Å². The highest BCUT2D eigenvalue weighted by Gasteiger charge is 2.13. The number of thioether (sulfide) groups is 1. The van der Waals surface area contributed by atoms with Gasteiger partial charge in [0.2, 0.25) is 5.16 Å². The zero-order valence-corrected chi connectivity index (χ0v) is 10.3. The number of nitrogens with zero attached hydrogens (tertiary/aromatic N) is 4. The quantitative estimate of drug-likeness (QED) is 0.527. The molecule has 0 aliphatic carbocycles. The van der Waals surface area contributed by atoms with Crippen LogP contribution in [0.25, 0.3) is 0 Å². The van der Waals surface area contributed by atoms with Crippen LogP contribution in [-0.4, -0.2) is 57.7 Å². The Kier molecular flexibility index (Phi) is 5.67. The van der Waals surface area contributed by atoms with Gasteiger partial charge in [-0.1, -0.05) is 11.8 Å².